The molecule has 0 saturated carbocycles. The molecule has 1 aromatic carbocycles. The van der Waals surface area contributed by atoms with E-state index in [1.54, 1.807) is 6.92 Å². The molecule has 76 valence electrons. The molecule has 0 saturated heterocycles. The topological polar surface area (TPSA) is 46.5 Å². The Labute approximate surface area is 81.1 Å². The zero-order chi connectivity index (χ0) is 10.7. The fourth-order valence-corrected chi connectivity index (χ4v) is 1.17. The lowest BCUT2D eigenvalue weighted by Gasteiger charge is -2.08. The lowest BCUT2D eigenvalue weighted by atomic mass is 10.1. The number of rotatable bonds is 2. The van der Waals surface area contributed by atoms with Crippen molar-refractivity contribution in [1.29, 1.82) is 0 Å². The van der Waals surface area contributed by atoms with Crippen LogP contribution >= 0.6 is 0 Å². The molecule has 0 aliphatic heterocycles. The van der Waals surface area contributed by atoms with E-state index < -0.39 is 17.5 Å². The van der Waals surface area contributed by atoms with E-state index in [1.807, 2.05) is 0 Å². The first-order valence-electron chi connectivity index (χ1n) is 4.25. The quantitative estimate of drug-likeness (QED) is 0.584. The second-order valence-electron chi connectivity index (χ2n) is 2.82. The number of esters is 1. The van der Waals surface area contributed by atoms with Gasteiger partial charge in [-0.2, -0.15) is 0 Å². The average molecular weight is 198 g/mol. The van der Waals surface area contributed by atoms with Crippen molar-refractivity contribution in [1.82, 2.24) is 0 Å². The number of ether oxygens (including phenoxy) is 1. The summed E-state index contributed by atoms with van der Waals surface area (Å²) in [5, 5.41) is 9.07. The molecule has 14 heavy (non-hydrogen) atoms. The van der Waals surface area contributed by atoms with Gasteiger partial charge in [-0.25, -0.2) is 4.39 Å². The molecule has 1 rings (SSSR count). The molecule has 4 heteroatoms. The van der Waals surface area contributed by atoms with Gasteiger partial charge in [-0.05, 0) is 18.6 Å². The zero-order valence-electron chi connectivity index (χ0n) is 8.00. The van der Waals surface area contributed by atoms with Crippen LogP contribution in [-0.4, -0.2) is 11.1 Å². The van der Waals surface area contributed by atoms with Gasteiger partial charge in [0.05, 0.1) is 0 Å². The zero-order valence-corrected chi connectivity index (χ0v) is 8.00. The number of benzene rings is 1. The summed E-state index contributed by atoms with van der Waals surface area (Å²) >= 11 is 0. The Balaban J connectivity index is 3.17. The van der Waals surface area contributed by atoms with Crippen LogP contribution in [0.15, 0.2) is 12.1 Å². The van der Waals surface area contributed by atoms with Gasteiger partial charge in [-0.1, -0.05) is 6.92 Å². The van der Waals surface area contributed by atoms with Crippen LogP contribution in [0.2, 0.25) is 0 Å². The molecule has 1 aromatic rings. The molecule has 0 aliphatic rings. The minimum absolute atomic E-state index is 0.162. The fraction of sp³-hybridized carbons (Fsp3) is 0.300. The summed E-state index contributed by atoms with van der Waals surface area (Å²) < 4.78 is 18.1. The van der Waals surface area contributed by atoms with Gasteiger partial charge in [0.25, 0.3) is 0 Å². The summed E-state index contributed by atoms with van der Waals surface area (Å²) in [4.78, 5) is 10.7. The van der Waals surface area contributed by atoms with E-state index in [-0.39, 0.29) is 11.3 Å². The second-order valence-corrected chi connectivity index (χ2v) is 2.82. The van der Waals surface area contributed by atoms with Crippen LogP contribution in [0.4, 0.5) is 4.39 Å². The van der Waals surface area contributed by atoms with E-state index in [1.165, 1.54) is 13.0 Å². The highest BCUT2D eigenvalue weighted by atomic mass is 19.1. The van der Waals surface area contributed by atoms with Crippen LogP contribution in [0, 0.1) is 5.82 Å². The number of carbonyl (C=O) groups excluding carboxylic acids is 1. The lowest BCUT2D eigenvalue weighted by molar-refractivity contribution is -0.131. The molecular formula is C10H11FO3. The lowest BCUT2D eigenvalue weighted by Crippen LogP contribution is -2.05. The highest BCUT2D eigenvalue weighted by Gasteiger charge is 2.13. The predicted octanol–water partition coefficient (Wildman–Crippen LogP) is 2.02. The van der Waals surface area contributed by atoms with E-state index >= 15 is 0 Å². The summed E-state index contributed by atoms with van der Waals surface area (Å²) in [6.07, 6.45) is 0.350. The molecule has 0 bridgehead atoms. The first-order chi connectivity index (χ1) is 6.56. The Kier molecular flexibility index (Phi) is 3.06. The van der Waals surface area contributed by atoms with Gasteiger partial charge in [-0.15, -0.1) is 0 Å². The molecule has 0 aromatic heterocycles. The van der Waals surface area contributed by atoms with Crippen molar-refractivity contribution >= 4 is 5.97 Å². The highest BCUT2D eigenvalue weighted by Crippen LogP contribution is 2.28. The highest BCUT2D eigenvalue weighted by molar-refractivity contribution is 5.70. The minimum Gasteiger partial charge on any atom is -0.505 e. The molecule has 0 spiro atoms. The molecule has 0 aliphatic carbocycles. The number of phenolic OH excluding ortho intramolecular Hbond substituents is 1. The Morgan fingerprint density at radius 2 is 2.21 bits per heavy atom. The van der Waals surface area contributed by atoms with Gasteiger partial charge >= 0.3 is 5.97 Å². The van der Waals surface area contributed by atoms with Crippen molar-refractivity contribution in [3.63, 3.8) is 0 Å². The van der Waals surface area contributed by atoms with E-state index in [4.69, 9.17) is 9.84 Å². The largest absolute Gasteiger partial charge is 0.505 e. The van der Waals surface area contributed by atoms with Gasteiger partial charge in [0, 0.05) is 12.5 Å². The molecule has 0 unspecified atom stereocenters. The van der Waals surface area contributed by atoms with Gasteiger partial charge in [-0.3, -0.25) is 4.79 Å². The van der Waals surface area contributed by atoms with Crippen LogP contribution in [0.25, 0.3) is 0 Å². The molecule has 0 atom stereocenters. The smallest absolute Gasteiger partial charge is 0.308 e. The minimum atomic E-state index is -0.730. The van der Waals surface area contributed by atoms with Gasteiger partial charge in [0.1, 0.15) is 5.75 Å². The summed E-state index contributed by atoms with van der Waals surface area (Å²) in [6.45, 7) is 2.95. The number of carbonyl (C=O) groups is 1. The number of aromatic hydroxyl groups is 1. The Hall–Kier alpha value is -1.58. The van der Waals surface area contributed by atoms with Crippen molar-refractivity contribution in [3.05, 3.63) is 23.5 Å². The summed E-state index contributed by atoms with van der Waals surface area (Å²) in [5.74, 6) is -1.51. The first kappa shape index (κ1) is 10.5. The van der Waals surface area contributed by atoms with Crippen molar-refractivity contribution in [2.75, 3.05) is 0 Å². The average Bonchev–Trinajstić information content (AvgIpc) is 2.11. The molecule has 3 nitrogen and oxygen atoms in total. The fourth-order valence-electron chi connectivity index (χ4n) is 1.17. The van der Waals surface area contributed by atoms with Crippen molar-refractivity contribution < 1.29 is 19.0 Å². The van der Waals surface area contributed by atoms with Crippen LogP contribution in [0.3, 0.4) is 0 Å². The predicted molar refractivity (Wildman–Crippen MR) is 48.8 cm³/mol. The van der Waals surface area contributed by atoms with Crippen molar-refractivity contribution in [3.8, 4) is 11.5 Å². The number of halogens is 1. The van der Waals surface area contributed by atoms with Crippen molar-refractivity contribution in [2.24, 2.45) is 0 Å². The van der Waals surface area contributed by atoms with E-state index in [9.17, 15) is 9.18 Å². The molecule has 0 heterocycles. The summed E-state index contributed by atoms with van der Waals surface area (Å²) in [7, 11) is 0. The van der Waals surface area contributed by atoms with Gasteiger partial charge in [0.15, 0.2) is 11.6 Å². The van der Waals surface area contributed by atoms with E-state index in [0.717, 1.165) is 6.07 Å². The molecule has 1 N–H and O–H groups in total. The maximum atomic E-state index is 13.3. The maximum absolute atomic E-state index is 13.3. The third-order valence-corrected chi connectivity index (χ3v) is 1.79. The Morgan fingerprint density at radius 3 is 2.71 bits per heavy atom. The summed E-state index contributed by atoms with van der Waals surface area (Å²) in [5.41, 5.74) is 0.209. The molecule has 0 fully saturated rings. The van der Waals surface area contributed by atoms with Crippen LogP contribution in [0.1, 0.15) is 19.4 Å². The number of phenols is 1. The van der Waals surface area contributed by atoms with Gasteiger partial charge in [0.2, 0.25) is 0 Å². The van der Waals surface area contributed by atoms with Crippen LogP contribution in [-0.2, 0) is 11.2 Å². The number of hydrogen-bond acceptors (Lipinski definition) is 3. The first-order valence-corrected chi connectivity index (χ1v) is 4.25. The van der Waals surface area contributed by atoms with Gasteiger partial charge < -0.3 is 9.84 Å². The standard InChI is InChI=1S/C10H11FO3/c1-3-7-9(14-6(2)12)5-4-8(13)10(7)11/h4-5,13H,3H2,1-2H3. The van der Waals surface area contributed by atoms with E-state index in [2.05, 4.69) is 0 Å². The second kappa shape index (κ2) is 4.09. The van der Waals surface area contributed by atoms with Crippen LogP contribution < -0.4 is 4.74 Å². The molecular weight excluding hydrogens is 187 g/mol. The third-order valence-electron chi connectivity index (χ3n) is 1.79. The SMILES string of the molecule is CCc1c(OC(C)=O)ccc(O)c1F. The molecule has 0 radical (unpaired) electrons. The molecule has 0 amide bonds. The Morgan fingerprint density at radius 1 is 1.57 bits per heavy atom. The van der Waals surface area contributed by atoms with E-state index in [0.29, 0.717) is 6.42 Å². The monoisotopic (exact) mass is 198 g/mol. The van der Waals surface area contributed by atoms with Crippen LogP contribution in [0.5, 0.6) is 11.5 Å². The number of hydrogen-bond donors (Lipinski definition) is 1. The normalized spacial score (nSPS) is 9.93. The maximum Gasteiger partial charge on any atom is 0.308 e. The summed E-state index contributed by atoms with van der Waals surface area (Å²) in [6, 6.07) is 2.53. The Bertz CT molecular complexity index is 361. The van der Waals surface area contributed by atoms with Crippen molar-refractivity contribution in [2.45, 2.75) is 20.3 Å². The third kappa shape index (κ3) is 2.02.